The highest BCUT2D eigenvalue weighted by atomic mass is 15.2. The van der Waals surface area contributed by atoms with Crippen LogP contribution in [0.1, 0.15) is 30.4 Å². The number of nitrogens with one attached hydrogen (secondary N) is 1. The number of benzene rings is 1. The van der Waals surface area contributed by atoms with Crippen molar-refractivity contribution in [3.63, 3.8) is 0 Å². The topological polar surface area (TPSA) is 15.3 Å². The molecule has 1 saturated carbocycles. The SMILES string of the molecule is c1ccc2c(c1)CN[C@H](CN1CCC3(CC3)C1)C2. The molecule has 0 aromatic heterocycles. The molecule has 0 amide bonds. The van der Waals surface area contributed by atoms with E-state index in [4.69, 9.17) is 0 Å². The first-order valence-corrected chi connectivity index (χ1v) is 7.36. The van der Waals surface area contributed by atoms with E-state index < -0.39 is 0 Å². The van der Waals surface area contributed by atoms with Crippen molar-refractivity contribution in [3.8, 4) is 0 Å². The second kappa shape index (κ2) is 4.07. The van der Waals surface area contributed by atoms with E-state index in [-0.39, 0.29) is 0 Å². The minimum Gasteiger partial charge on any atom is -0.308 e. The van der Waals surface area contributed by atoms with Crippen LogP contribution in [-0.2, 0) is 13.0 Å². The molecule has 2 aliphatic heterocycles. The van der Waals surface area contributed by atoms with Crippen LogP contribution in [-0.4, -0.2) is 30.6 Å². The van der Waals surface area contributed by atoms with Crippen LogP contribution in [0.25, 0.3) is 0 Å². The summed E-state index contributed by atoms with van der Waals surface area (Å²) >= 11 is 0. The summed E-state index contributed by atoms with van der Waals surface area (Å²) in [5.41, 5.74) is 3.82. The molecule has 2 fully saturated rings. The van der Waals surface area contributed by atoms with Gasteiger partial charge in [-0.1, -0.05) is 24.3 Å². The van der Waals surface area contributed by atoms with E-state index in [0.29, 0.717) is 6.04 Å². The molecule has 1 atom stereocenters. The van der Waals surface area contributed by atoms with Crippen LogP contribution < -0.4 is 5.32 Å². The molecule has 1 aromatic carbocycles. The van der Waals surface area contributed by atoms with E-state index in [0.717, 1.165) is 12.0 Å². The Morgan fingerprint density at radius 3 is 2.78 bits per heavy atom. The van der Waals surface area contributed by atoms with Crippen molar-refractivity contribution in [2.24, 2.45) is 5.41 Å². The largest absolute Gasteiger partial charge is 0.308 e. The minimum atomic E-state index is 0.661. The predicted molar refractivity (Wildman–Crippen MR) is 73.5 cm³/mol. The van der Waals surface area contributed by atoms with E-state index >= 15 is 0 Å². The van der Waals surface area contributed by atoms with E-state index in [1.54, 1.807) is 5.56 Å². The molecule has 4 rings (SSSR count). The van der Waals surface area contributed by atoms with Crippen molar-refractivity contribution < 1.29 is 0 Å². The van der Waals surface area contributed by atoms with Crippen LogP contribution in [0.3, 0.4) is 0 Å². The lowest BCUT2D eigenvalue weighted by molar-refractivity contribution is 0.270. The van der Waals surface area contributed by atoms with E-state index in [1.807, 2.05) is 0 Å². The van der Waals surface area contributed by atoms with Gasteiger partial charge in [0.05, 0.1) is 0 Å². The molecule has 1 N–H and O–H groups in total. The molecule has 2 heterocycles. The number of hydrogen-bond donors (Lipinski definition) is 1. The second-order valence-corrected chi connectivity index (χ2v) is 6.54. The molecular weight excluding hydrogens is 220 g/mol. The maximum absolute atomic E-state index is 3.71. The molecule has 1 aliphatic carbocycles. The normalized spacial score (nSPS) is 29.4. The van der Waals surface area contributed by atoms with E-state index in [9.17, 15) is 0 Å². The van der Waals surface area contributed by atoms with Gasteiger partial charge in [0.15, 0.2) is 0 Å². The zero-order chi connectivity index (χ0) is 12.0. The Labute approximate surface area is 109 Å². The lowest BCUT2D eigenvalue weighted by Crippen LogP contribution is -2.44. The zero-order valence-electron chi connectivity index (χ0n) is 11.0. The highest BCUT2D eigenvalue weighted by Gasteiger charge is 2.47. The van der Waals surface area contributed by atoms with Crippen LogP contribution in [0.5, 0.6) is 0 Å². The van der Waals surface area contributed by atoms with Crippen molar-refractivity contribution in [1.82, 2.24) is 10.2 Å². The Morgan fingerprint density at radius 1 is 1.17 bits per heavy atom. The van der Waals surface area contributed by atoms with Crippen LogP contribution in [0.15, 0.2) is 24.3 Å². The number of fused-ring (bicyclic) bond motifs is 1. The molecule has 2 heteroatoms. The maximum Gasteiger partial charge on any atom is 0.0238 e. The van der Waals surface area contributed by atoms with Gasteiger partial charge >= 0.3 is 0 Å². The minimum absolute atomic E-state index is 0.661. The van der Waals surface area contributed by atoms with Gasteiger partial charge in [0.2, 0.25) is 0 Å². The van der Waals surface area contributed by atoms with E-state index in [1.165, 1.54) is 50.9 Å². The van der Waals surface area contributed by atoms with Gasteiger partial charge in [-0.05, 0) is 48.8 Å². The third-order valence-corrected chi connectivity index (χ3v) is 5.12. The molecule has 18 heavy (non-hydrogen) atoms. The van der Waals surface area contributed by atoms with Crippen molar-refractivity contribution in [2.75, 3.05) is 19.6 Å². The van der Waals surface area contributed by atoms with Crippen molar-refractivity contribution in [1.29, 1.82) is 0 Å². The van der Waals surface area contributed by atoms with Gasteiger partial charge in [0.1, 0.15) is 0 Å². The van der Waals surface area contributed by atoms with Gasteiger partial charge in [-0.15, -0.1) is 0 Å². The third kappa shape index (κ3) is 1.98. The Bertz CT molecular complexity index is 450. The molecule has 1 saturated heterocycles. The van der Waals surface area contributed by atoms with Crippen LogP contribution in [0, 0.1) is 5.41 Å². The quantitative estimate of drug-likeness (QED) is 0.855. The number of likely N-dealkylation sites (tertiary alicyclic amines) is 1. The molecule has 2 nitrogen and oxygen atoms in total. The Morgan fingerprint density at radius 2 is 2.00 bits per heavy atom. The smallest absolute Gasteiger partial charge is 0.0238 e. The van der Waals surface area contributed by atoms with Gasteiger partial charge in [0, 0.05) is 25.7 Å². The molecular formula is C16H22N2. The fourth-order valence-electron chi connectivity index (χ4n) is 3.73. The van der Waals surface area contributed by atoms with Crippen LogP contribution >= 0.6 is 0 Å². The van der Waals surface area contributed by atoms with Gasteiger partial charge in [-0.25, -0.2) is 0 Å². The molecule has 3 aliphatic rings. The first-order valence-electron chi connectivity index (χ1n) is 7.36. The molecule has 0 radical (unpaired) electrons. The zero-order valence-corrected chi connectivity index (χ0v) is 11.0. The summed E-state index contributed by atoms with van der Waals surface area (Å²) in [6.07, 6.45) is 5.64. The molecule has 0 unspecified atom stereocenters. The highest BCUT2D eigenvalue weighted by molar-refractivity contribution is 5.30. The molecule has 96 valence electrons. The second-order valence-electron chi connectivity index (χ2n) is 6.54. The van der Waals surface area contributed by atoms with Gasteiger partial charge in [-0.3, -0.25) is 0 Å². The average molecular weight is 242 g/mol. The summed E-state index contributed by atoms with van der Waals surface area (Å²) in [4.78, 5) is 2.69. The average Bonchev–Trinajstić information content (AvgIpc) is 3.04. The lowest BCUT2D eigenvalue weighted by Gasteiger charge is -2.29. The summed E-state index contributed by atoms with van der Waals surface area (Å²) in [5.74, 6) is 0. The first-order chi connectivity index (χ1) is 8.83. The molecule has 1 spiro atoms. The Hall–Kier alpha value is -0.860. The monoisotopic (exact) mass is 242 g/mol. The van der Waals surface area contributed by atoms with Gasteiger partial charge < -0.3 is 10.2 Å². The number of nitrogens with zero attached hydrogens (tertiary/aromatic N) is 1. The summed E-state index contributed by atoms with van der Waals surface area (Å²) in [5, 5.41) is 3.71. The summed E-state index contributed by atoms with van der Waals surface area (Å²) in [7, 11) is 0. The Balaban J connectivity index is 1.39. The van der Waals surface area contributed by atoms with Gasteiger partial charge in [-0.2, -0.15) is 0 Å². The maximum atomic E-state index is 3.71. The summed E-state index contributed by atoms with van der Waals surface area (Å²) in [6, 6.07) is 9.55. The van der Waals surface area contributed by atoms with Gasteiger partial charge in [0.25, 0.3) is 0 Å². The highest BCUT2D eigenvalue weighted by Crippen LogP contribution is 2.52. The lowest BCUT2D eigenvalue weighted by atomic mass is 9.96. The van der Waals surface area contributed by atoms with E-state index in [2.05, 4.69) is 34.5 Å². The van der Waals surface area contributed by atoms with Crippen molar-refractivity contribution in [2.45, 2.75) is 38.3 Å². The first kappa shape index (κ1) is 11.0. The van der Waals surface area contributed by atoms with Crippen LogP contribution in [0.2, 0.25) is 0 Å². The standard InChI is InChI=1S/C16H22N2/c1-2-4-14-10-17-15(9-13(14)3-1)11-18-8-7-16(12-18)5-6-16/h1-4,15,17H,5-12H2/t15-/m0/s1. The fourth-order valence-corrected chi connectivity index (χ4v) is 3.73. The van der Waals surface area contributed by atoms with Crippen molar-refractivity contribution in [3.05, 3.63) is 35.4 Å². The van der Waals surface area contributed by atoms with Crippen molar-refractivity contribution >= 4 is 0 Å². The Kier molecular flexibility index (Phi) is 2.49. The summed E-state index contributed by atoms with van der Waals surface area (Å²) < 4.78 is 0. The molecule has 0 bridgehead atoms. The van der Waals surface area contributed by atoms with Crippen LogP contribution in [0.4, 0.5) is 0 Å². The number of rotatable bonds is 2. The number of hydrogen-bond acceptors (Lipinski definition) is 2. The fraction of sp³-hybridized carbons (Fsp3) is 0.625. The third-order valence-electron chi connectivity index (χ3n) is 5.12. The molecule has 1 aromatic rings. The predicted octanol–water partition coefficient (Wildman–Crippen LogP) is 2.19. The summed E-state index contributed by atoms with van der Waals surface area (Å²) in [6.45, 7) is 5.00.